The third-order valence-corrected chi connectivity index (χ3v) is 3.55. The molecule has 0 heterocycles. The molecule has 0 amide bonds. The Hall–Kier alpha value is -1.26. The number of hydrogen-bond donors (Lipinski definition) is 1. The van der Waals surface area contributed by atoms with Crippen LogP contribution in [0.1, 0.15) is 31.4 Å². The second-order valence-electron chi connectivity index (χ2n) is 5.10. The highest BCUT2D eigenvalue weighted by Crippen LogP contribution is 2.38. The highest BCUT2D eigenvalue weighted by molar-refractivity contribution is 5.62. The lowest BCUT2D eigenvalue weighted by Crippen LogP contribution is -2.31. The van der Waals surface area contributed by atoms with E-state index in [4.69, 9.17) is 15.2 Å². The number of ether oxygens (including phenoxy) is 2. The van der Waals surface area contributed by atoms with E-state index in [1.54, 1.807) is 14.2 Å². The summed E-state index contributed by atoms with van der Waals surface area (Å²) in [5.41, 5.74) is 8.42. The average molecular weight is 264 g/mol. The molecule has 2 N–H and O–H groups in total. The van der Waals surface area contributed by atoms with Crippen LogP contribution in [0.15, 0.2) is 18.2 Å². The fraction of sp³-hybridized carbons (Fsp3) is 0.600. The first kappa shape index (κ1) is 14.2. The standard InChI is InChI=1S/C15H24N2O2/c1-11(16)15-13(5-4-6-14(15)19-3)17(9-10-18-2)12-7-8-12/h4-6,11-12H,7-10,16H2,1-3H3. The lowest BCUT2D eigenvalue weighted by molar-refractivity contribution is 0.205. The molecule has 0 aromatic heterocycles. The number of rotatable bonds is 7. The summed E-state index contributed by atoms with van der Waals surface area (Å²) in [6.07, 6.45) is 2.50. The van der Waals surface area contributed by atoms with Crippen LogP contribution in [-0.2, 0) is 4.74 Å². The molecular weight excluding hydrogens is 240 g/mol. The van der Waals surface area contributed by atoms with E-state index in [-0.39, 0.29) is 6.04 Å². The summed E-state index contributed by atoms with van der Waals surface area (Å²) in [5, 5.41) is 0. The third-order valence-electron chi connectivity index (χ3n) is 3.55. The summed E-state index contributed by atoms with van der Waals surface area (Å²) in [5.74, 6) is 0.871. The van der Waals surface area contributed by atoms with Crippen LogP contribution >= 0.6 is 0 Å². The predicted molar refractivity (Wildman–Crippen MR) is 77.8 cm³/mol. The maximum absolute atomic E-state index is 6.14. The maximum Gasteiger partial charge on any atom is 0.125 e. The Morgan fingerprint density at radius 1 is 1.37 bits per heavy atom. The minimum atomic E-state index is -0.0463. The summed E-state index contributed by atoms with van der Waals surface area (Å²) >= 11 is 0. The zero-order valence-electron chi connectivity index (χ0n) is 12.1. The first-order valence-electron chi connectivity index (χ1n) is 6.87. The number of methoxy groups -OCH3 is 2. The highest BCUT2D eigenvalue weighted by Gasteiger charge is 2.31. The van der Waals surface area contributed by atoms with Gasteiger partial charge in [0.2, 0.25) is 0 Å². The zero-order valence-corrected chi connectivity index (χ0v) is 12.1. The quantitative estimate of drug-likeness (QED) is 0.821. The molecule has 0 radical (unpaired) electrons. The summed E-state index contributed by atoms with van der Waals surface area (Å²) in [7, 11) is 3.44. The van der Waals surface area contributed by atoms with Crippen molar-refractivity contribution in [3.05, 3.63) is 23.8 Å². The third kappa shape index (κ3) is 3.19. The van der Waals surface area contributed by atoms with Crippen molar-refractivity contribution in [3.63, 3.8) is 0 Å². The van der Waals surface area contributed by atoms with Crippen LogP contribution < -0.4 is 15.4 Å². The van der Waals surface area contributed by atoms with E-state index in [9.17, 15) is 0 Å². The van der Waals surface area contributed by atoms with Crippen LogP contribution in [0.25, 0.3) is 0 Å². The van der Waals surface area contributed by atoms with Crippen LogP contribution in [0.4, 0.5) is 5.69 Å². The van der Waals surface area contributed by atoms with Crippen molar-refractivity contribution in [2.24, 2.45) is 5.73 Å². The summed E-state index contributed by atoms with van der Waals surface area (Å²) in [4.78, 5) is 2.41. The van der Waals surface area contributed by atoms with Gasteiger partial charge in [-0.2, -0.15) is 0 Å². The molecule has 1 atom stereocenters. The average Bonchev–Trinajstić information content (AvgIpc) is 3.23. The van der Waals surface area contributed by atoms with Gasteiger partial charge in [0.15, 0.2) is 0 Å². The van der Waals surface area contributed by atoms with E-state index < -0.39 is 0 Å². The predicted octanol–water partition coefficient (Wildman–Crippen LogP) is 2.33. The monoisotopic (exact) mass is 264 g/mol. The molecule has 19 heavy (non-hydrogen) atoms. The van der Waals surface area contributed by atoms with Crippen LogP contribution in [0, 0.1) is 0 Å². The van der Waals surface area contributed by atoms with Crippen LogP contribution in [0.3, 0.4) is 0 Å². The first-order chi connectivity index (χ1) is 9.19. The lowest BCUT2D eigenvalue weighted by atomic mass is 10.0. The number of hydrogen-bond acceptors (Lipinski definition) is 4. The smallest absolute Gasteiger partial charge is 0.125 e. The summed E-state index contributed by atoms with van der Waals surface area (Å²) < 4.78 is 10.7. The molecule has 4 nitrogen and oxygen atoms in total. The molecular formula is C15H24N2O2. The van der Waals surface area contributed by atoms with Gasteiger partial charge >= 0.3 is 0 Å². The largest absolute Gasteiger partial charge is 0.496 e. The Labute approximate surface area is 115 Å². The van der Waals surface area contributed by atoms with Crippen molar-refractivity contribution < 1.29 is 9.47 Å². The summed E-state index contributed by atoms with van der Waals surface area (Å²) in [6, 6.07) is 6.72. The Balaban J connectivity index is 2.34. The van der Waals surface area contributed by atoms with Gasteiger partial charge in [-0.1, -0.05) is 6.07 Å². The molecule has 1 fully saturated rings. The molecule has 1 unspecified atom stereocenters. The van der Waals surface area contributed by atoms with E-state index in [1.807, 2.05) is 19.1 Å². The molecule has 2 rings (SSSR count). The highest BCUT2D eigenvalue weighted by atomic mass is 16.5. The number of nitrogens with two attached hydrogens (primary N) is 1. The zero-order chi connectivity index (χ0) is 13.8. The van der Waals surface area contributed by atoms with E-state index in [0.717, 1.165) is 24.5 Å². The van der Waals surface area contributed by atoms with Gasteiger partial charge in [-0.05, 0) is 31.9 Å². The molecule has 1 saturated carbocycles. The maximum atomic E-state index is 6.14. The van der Waals surface area contributed by atoms with Crippen LogP contribution in [0.5, 0.6) is 5.75 Å². The molecule has 0 bridgehead atoms. The number of anilines is 1. The van der Waals surface area contributed by atoms with Gasteiger partial charge in [0.1, 0.15) is 5.75 Å². The van der Waals surface area contributed by atoms with Crippen LogP contribution in [0.2, 0.25) is 0 Å². The molecule has 1 aromatic rings. The van der Waals surface area contributed by atoms with Gasteiger partial charge in [0, 0.05) is 37.0 Å². The summed E-state index contributed by atoms with van der Waals surface area (Å²) in [6.45, 7) is 3.63. The van der Waals surface area contributed by atoms with Gasteiger partial charge in [-0.25, -0.2) is 0 Å². The van der Waals surface area contributed by atoms with Gasteiger partial charge in [-0.15, -0.1) is 0 Å². The van der Waals surface area contributed by atoms with E-state index in [2.05, 4.69) is 11.0 Å². The Bertz CT molecular complexity index is 417. The second kappa shape index (κ2) is 6.26. The van der Waals surface area contributed by atoms with Crippen LogP contribution in [-0.4, -0.2) is 33.4 Å². The van der Waals surface area contributed by atoms with E-state index in [1.165, 1.54) is 18.5 Å². The molecule has 0 aliphatic heterocycles. The Morgan fingerprint density at radius 3 is 2.63 bits per heavy atom. The Morgan fingerprint density at radius 2 is 2.11 bits per heavy atom. The molecule has 1 aromatic carbocycles. The fourth-order valence-corrected chi connectivity index (χ4v) is 2.49. The van der Waals surface area contributed by atoms with E-state index >= 15 is 0 Å². The lowest BCUT2D eigenvalue weighted by Gasteiger charge is -2.29. The van der Waals surface area contributed by atoms with Crippen molar-refractivity contribution in [2.45, 2.75) is 31.8 Å². The molecule has 1 aliphatic rings. The van der Waals surface area contributed by atoms with Gasteiger partial charge in [0.05, 0.1) is 13.7 Å². The van der Waals surface area contributed by atoms with Crippen molar-refractivity contribution in [2.75, 3.05) is 32.3 Å². The van der Waals surface area contributed by atoms with Gasteiger partial charge < -0.3 is 20.1 Å². The molecule has 4 heteroatoms. The molecule has 106 valence electrons. The van der Waals surface area contributed by atoms with Gasteiger partial charge in [-0.3, -0.25) is 0 Å². The molecule has 0 saturated heterocycles. The van der Waals surface area contributed by atoms with Crippen molar-refractivity contribution in [1.82, 2.24) is 0 Å². The molecule has 0 spiro atoms. The molecule has 1 aliphatic carbocycles. The van der Waals surface area contributed by atoms with Gasteiger partial charge in [0.25, 0.3) is 0 Å². The normalized spacial score (nSPS) is 16.2. The minimum Gasteiger partial charge on any atom is -0.496 e. The van der Waals surface area contributed by atoms with Crippen molar-refractivity contribution in [1.29, 1.82) is 0 Å². The van der Waals surface area contributed by atoms with Crippen molar-refractivity contribution >= 4 is 5.69 Å². The minimum absolute atomic E-state index is 0.0463. The SMILES string of the molecule is COCCN(c1cccc(OC)c1C(C)N)C1CC1. The number of benzene rings is 1. The first-order valence-corrected chi connectivity index (χ1v) is 6.87. The number of nitrogens with zero attached hydrogens (tertiary/aromatic N) is 1. The van der Waals surface area contributed by atoms with E-state index in [0.29, 0.717) is 6.04 Å². The van der Waals surface area contributed by atoms with Crippen molar-refractivity contribution in [3.8, 4) is 5.75 Å². The Kier molecular flexibility index (Phi) is 4.66. The fourth-order valence-electron chi connectivity index (χ4n) is 2.49. The topological polar surface area (TPSA) is 47.7 Å². The second-order valence-corrected chi connectivity index (χ2v) is 5.10.